The highest BCUT2D eigenvalue weighted by Crippen LogP contribution is 2.42. The first-order valence-electron chi connectivity index (χ1n) is 9.23. The largest absolute Gasteiger partial charge is 0.416 e. The summed E-state index contributed by atoms with van der Waals surface area (Å²) in [6.07, 6.45) is -5.83. The van der Waals surface area contributed by atoms with Gasteiger partial charge in [-0.1, -0.05) is 6.07 Å². The van der Waals surface area contributed by atoms with Crippen LogP contribution in [0, 0.1) is 0 Å². The quantitative estimate of drug-likeness (QED) is 0.605. The van der Waals surface area contributed by atoms with Crippen LogP contribution in [0.3, 0.4) is 0 Å². The number of rotatable bonds is 6. The van der Waals surface area contributed by atoms with Gasteiger partial charge in [-0.05, 0) is 44.0 Å². The Labute approximate surface area is 180 Å². The number of nitrogens with zero attached hydrogens (tertiary/aromatic N) is 1. The Morgan fingerprint density at radius 2 is 1.91 bits per heavy atom. The highest BCUT2D eigenvalue weighted by atomic mass is 32.2. The zero-order valence-corrected chi connectivity index (χ0v) is 18.2. The number of halogens is 5. The molecule has 2 aromatic rings. The summed E-state index contributed by atoms with van der Waals surface area (Å²) in [7, 11) is -8.93. The first-order chi connectivity index (χ1) is 14.7. The molecule has 1 aliphatic rings. The van der Waals surface area contributed by atoms with Gasteiger partial charge in [0, 0.05) is 6.61 Å². The molecule has 0 bridgehead atoms. The Morgan fingerprint density at radius 1 is 1.22 bits per heavy atom. The molecule has 2 heterocycles. The van der Waals surface area contributed by atoms with Crippen LogP contribution in [-0.4, -0.2) is 44.1 Å². The van der Waals surface area contributed by atoms with Crippen LogP contribution < -0.4 is 0 Å². The number of hydrogen-bond donors (Lipinski definition) is 1. The Bertz CT molecular complexity index is 1190. The number of H-pyrrole nitrogens is 1. The molecule has 32 heavy (non-hydrogen) atoms. The summed E-state index contributed by atoms with van der Waals surface area (Å²) in [4.78, 5) is -0.485. The lowest BCUT2D eigenvalue weighted by Crippen LogP contribution is -2.42. The second-order valence-electron chi connectivity index (χ2n) is 7.68. The maximum atomic E-state index is 13.2. The average Bonchev–Trinajstić information content (AvgIpc) is 3.15. The van der Waals surface area contributed by atoms with Gasteiger partial charge in [-0.2, -0.15) is 27.1 Å². The SMILES string of the molecule is CC1(S(=O)(=O)c2cccc(C(F)(F)F)c2)CCOC(c2cc(CS(=O)(=O)C(F)F)[nH]n2)C1. The summed E-state index contributed by atoms with van der Waals surface area (Å²) in [5, 5.41) is 6.17. The van der Waals surface area contributed by atoms with Crippen molar-refractivity contribution in [1.82, 2.24) is 10.2 Å². The second kappa shape index (κ2) is 8.37. The molecular formula is C18H19F5N2O5S2. The summed E-state index contributed by atoms with van der Waals surface area (Å²) in [5.41, 5.74) is -1.12. The fraction of sp³-hybridized carbons (Fsp3) is 0.500. The van der Waals surface area contributed by atoms with Gasteiger partial charge in [-0.3, -0.25) is 5.10 Å². The molecular weight excluding hydrogens is 483 g/mol. The Kier molecular flexibility index (Phi) is 6.43. The van der Waals surface area contributed by atoms with E-state index < -0.39 is 58.7 Å². The van der Waals surface area contributed by atoms with Crippen LogP contribution in [0.4, 0.5) is 22.0 Å². The first kappa shape index (κ1) is 24.6. The maximum Gasteiger partial charge on any atom is 0.416 e. The van der Waals surface area contributed by atoms with Gasteiger partial charge in [0.25, 0.3) is 0 Å². The molecule has 0 aliphatic carbocycles. The van der Waals surface area contributed by atoms with E-state index in [-0.39, 0.29) is 30.8 Å². The van der Waals surface area contributed by atoms with E-state index in [2.05, 4.69) is 10.2 Å². The van der Waals surface area contributed by atoms with E-state index in [0.29, 0.717) is 6.07 Å². The molecule has 0 saturated carbocycles. The predicted octanol–water partition coefficient (Wildman–Crippen LogP) is 3.65. The van der Waals surface area contributed by atoms with Crippen LogP contribution in [0.25, 0.3) is 0 Å². The smallest absolute Gasteiger partial charge is 0.372 e. The van der Waals surface area contributed by atoms with Gasteiger partial charge < -0.3 is 4.74 Å². The summed E-state index contributed by atoms with van der Waals surface area (Å²) in [6.45, 7) is 1.32. The topological polar surface area (TPSA) is 106 Å². The molecule has 1 N–H and O–H groups in total. The first-order valence-corrected chi connectivity index (χ1v) is 12.4. The highest BCUT2D eigenvalue weighted by Gasteiger charge is 2.46. The van der Waals surface area contributed by atoms with Gasteiger partial charge in [-0.25, -0.2) is 16.8 Å². The molecule has 0 amide bonds. The Morgan fingerprint density at radius 3 is 2.53 bits per heavy atom. The molecule has 7 nitrogen and oxygen atoms in total. The van der Waals surface area contributed by atoms with Crippen molar-refractivity contribution >= 4 is 19.7 Å². The number of nitrogens with one attached hydrogen (secondary N) is 1. The lowest BCUT2D eigenvalue weighted by Gasteiger charge is -2.37. The van der Waals surface area contributed by atoms with Crippen molar-refractivity contribution in [1.29, 1.82) is 0 Å². The molecule has 1 aromatic carbocycles. The van der Waals surface area contributed by atoms with E-state index >= 15 is 0 Å². The fourth-order valence-electron chi connectivity index (χ4n) is 3.43. The van der Waals surface area contributed by atoms with E-state index in [1.165, 1.54) is 13.0 Å². The minimum atomic E-state index is -4.71. The van der Waals surface area contributed by atoms with Gasteiger partial charge in [0.05, 0.1) is 32.3 Å². The summed E-state index contributed by atoms with van der Waals surface area (Å²) in [6, 6.07) is 4.63. The third-order valence-electron chi connectivity index (χ3n) is 5.30. The number of aromatic nitrogens is 2. The monoisotopic (exact) mass is 502 g/mol. The predicted molar refractivity (Wildman–Crippen MR) is 102 cm³/mol. The molecule has 2 atom stereocenters. The molecule has 1 aromatic heterocycles. The maximum absolute atomic E-state index is 13.2. The number of benzene rings is 1. The van der Waals surface area contributed by atoms with Gasteiger partial charge >= 0.3 is 11.9 Å². The molecule has 0 spiro atoms. The van der Waals surface area contributed by atoms with Crippen LogP contribution in [0.1, 0.15) is 42.8 Å². The van der Waals surface area contributed by atoms with Crippen molar-refractivity contribution in [2.24, 2.45) is 0 Å². The second-order valence-corrected chi connectivity index (χ2v) is 12.1. The molecule has 178 valence electrons. The van der Waals surface area contributed by atoms with Crippen LogP contribution in [0.2, 0.25) is 0 Å². The molecule has 14 heteroatoms. The molecule has 0 radical (unpaired) electrons. The van der Waals surface area contributed by atoms with Gasteiger partial charge in [-0.15, -0.1) is 0 Å². The Balaban J connectivity index is 1.86. The van der Waals surface area contributed by atoms with E-state index in [1.807, 2.05) is 0 Å². The lowest BCUT2D eigenvalue weighted by molar-refractivity contribution is -0.137. The van der Waals surface area contributed by atoms with Crippen molar-refractivity contribution in [3.05, 3.63) is 47.3 Å². The number of hydrogen-bond acceptors (Lipinski definition) is 6. The van der Waals surface area contributed by atoms with E-state index in [0.717, 1.165) is 18.2 Å². The van der Waals surface area contributed by atoms with Gasteiger partial charge in [0.2, 0.25) is 9.84 Å². The van der Waals surface area contributed by atoms with Crippen molar-refractivity contribution in [2.75, 3.05) is 6.61 Å². The van der Waals surface area contributed by atoms with Crippen molar-refractivity contribution < 1.29 is 43.5 Å². The summed E-state index contributed by atoms with van der Waals surface area (Å²) in [5.74, 6) is -4.56. The fourth-order valence-corrected chi connectivity index (χ4v) is 5.97. The van der Waals surface area contributed by atoms with Gasteiger partial charge in [0.1, 0.15) is 6.10 Å². The third kappa shape index (κ3) is 4.81. The zero-order chi connectivity index (χ0) is 23.9. The normalized spacial score (nSPS) is 22.9. The van der Waals surface area contributed by atoms with E-state index in [9.17, 15) is 38.8 Å². The minimum Gasteiger partial charge on any atom is -0.372 e. The van der Waals surface area contributed by atoms with Gasteiger partial charge in [0.15, 0.2) is 9.84 Å². The molecule has 1 fully saturated rings. The number of ether oxygens (including phenoxy) is 1. The molecule has 1 aliphatic heterocycles. The van der Waals surface area contributed by atoms with Crippen LogP contribution in [-0.2, 0) is 36.3 Å². The molecule has 2 unspecified atom stereocenters. The Hall–Kier alpha value is -2.06. The lowest BCUT2D eigenvalue weighted by atomic mass is 9.95. The third-order valence-corrected chi connectivity index (χ3v) is 9.10. The number of aromatic amines is 1. The standard InChI is InChI=1S/C18H19F5N2O5S2/c1-17(32(28,29)13-4-2-3-11(7-13)18(21,22)23)5-6-30-15(9-17)14-8-12(24-25-14)10-31(26,27)16(19)20/h2-4,7-8,15-16H,5-6,9-10H2,1H3,(H,24,25). The van der Waals surface area contributed by atoms with Crippen LogP contribution in [0.15, 0.2) is 35.2 Å². The van der Waals surface area contributed by atoms with Crippen LogP contribution in [0.5, 0.6) is 0 Å². The number of sulfone groups is 2. The van der Waals surface area contributed by atoms with E-state index in [4.69, 9.17) is 4.74 Å². The van der Waals surface area contributed by atoms with Crippen molar-refractivity contribution in [3.63, 3.8) is 0 Å². The summed E-state index contributed by atoms with van der Waals surface area (Å²) < 4.78 is 117. The summed E-state index contributed by atoms with van der Waals surface area (Å²) >= 11 is 0. The molecule has 1 saturated heterocycles. The van der Waals surface area contributed by atoms with Crippen LogP contribution >= 0.6 is 0 Å². The number of alkyl halides is 5. The van der Waals surface area contributed by atoms with E-state index in [1.54, 1.807) is 0 Å². The average molecular weight is 502 g/mol. The zero-order valence-electron chi connectivity index (χ0n) is 16.6. The molecule has 3 rings (SSSR count). The van der Waals surface area contributed by atoms with Crippen molar-refractivity contribution in [3.8, 4) is 0 Å². The minimum absolute atomic E-state index is 0.000872. The van der Waals surface area contributed by atoms with Crippen molar-refractivity contribution in [2.45, 2.75) is 53.2 Å². The highest BCUT2D eigenvalue weighted by molar-refractivity contribution is 7.92.